The highest BCUT2D eigenvalue weighted by molar-refractivity contribution is 6.32. The third kappa shape index (κ3) is 8.26. The van der Waals surface area contributed by atoms with Crippen molar-refractivity contribution in [2.45, 2.75) is 90.7 Å². The molecule has 5 heterocycles. The number of amides is 4. The van der Waals surface area contributed by atoms with Gasteiger partial charge in [0.15, 0.2) is 5.15 Å². The number of likely N-dealkylation sites (tertiary alicyclic amines) is 2. The van der Waals surface area contributed by atoms with E-state index in [0.717, 1.165) is 62.7 Å². The molecule has 0 spiro atoms. The minimum atomic E-state index is -0.791. The molecule has 2 aromatic heterocycles. The Kier molecular flexibility index (Phi) is 12.3. The van der Waals surface area contributed by atoms with Crippen LogP contribution in [-0.4, -0.2) is 106 Å². The minimum Gasteiger partial charge on any atom is -0.488 e. The van der Waals surface area contributed by atoms with Crippen LogP contribution in [0.25, 0.3) is 44.2 Å². The highest BCUT2D eigenvalue weighted by atomic mass is 35.5. The van der Waals surface area contributed by atoms with Gasteiger partial charge >= 0.3 is 12.2 Å². The number of halogens is 1. The molecule has 2 fully saturated rings. The van der Waals surface area contributed by atoms with Crippen molar-refractivity contribution in [3.63, 3.8) is 0 Å². The molecule has 334 valence electrons. The van der Waals surface area contributed by atoms with Crippen LogP contribution in [0.4, 0.5) is 9.59 Å². The lowest BCUT2D eigenvalue weighted by molar-refractivity contribution is -0.137. The number of carbonyl (C=O) groups is 4. The summed E-state index contributed by atoms with van der Waals surface area (Å²) in [7, 11) is 4.20. The average Bonchev–Trinajstić information content (AvgIpc) is 4.08. The molecule has 4 amide bonds. The van der Waals surface area contributed by atoms with Gasteiger partial charge in [0.05, 0.1) is 49.6 Å². The number of nitrogens with zero attached hydrogens (tertiary/aromatic N) is 4. The van der Waals surface area contributed by atoms with Gasteiger partial charge < -0.3 is 49.3 Å². The number of aromatic amines is 2. The summed E-state index contributed by atoms with van der Waals surface area (Å²) in [4.78, 5) is 72.7. The zero-order valence-electron chi connectivity index (χ0n) is 36.8. The van der Waals surface area contributed by atoms with Crippen molar-refractivity contribution in [1.82, 2.24) is 40.4 Å². The van der Waals surface area contributed by atoms with Crippen molar-refractivity contribution >= 4 is 57.4 Å². The molecule has 8 rings (SSSR count). The third-order valence-electron chi connectivity index (χ3n) is 12.7. The van der Waals surface area contributed by atoms with Crippen LogP contribution in [0.1, 0.15) is 83.2 Å². The molecular formula is C46H55ClN8O8. The molecule has 5 aromatic rings. The van der Waals surface area contributed by atoms with Gasteiger partial charge in [0, 0.05) is 42.1 Å². The van der Waals surface area contributed by atoms with Gasteiger partial charge in [0.25, 0.3) is 0 Å². The Hall–Kier alpha value is -5.87. The smallest absolute Gasteiger partial charge is 0.407 e. The summed E-state index contributed by atoms with van der Waals surface area (Å²) < 4.78 is 21.6. The van der Waals surface area contributed by atoms with Crippen LogP contribution in [0.3, 0.4) is 0 Å². The number of carbonyl (C=O) groups excluding carboxylic acids is 4. The van der Waals surface area contributed by atoms with Gasteiger partial charge in [0.2, 0.25) is 11.8 Å². The molecule has 0 unspecified atom stereocenters. The second kappa shape index (κ2) is 17.7. The number of alkyl carbamates (subject to hydrolysis) is 2. The van der Waals surface area contributed by atoms with Crippen molar-refractivity contribution in [2.75, 3.05) is 34.5 Å². The van der Waals surface area contributed by atoms with Crippen LogP contribution in [0.2, 0.25) is 5.15 Å². The first-order valence-corrected chi connectivity index (χ1v) is 21.9. The maximum atomic E-state index is 14.0. The number of imidazole rings is 2. The third-order valence-corrected chi connectivity index (χ3v) is 13.0. The molecular weight excluding hydrogens is 828 g/mol. The molecule has 0 radical (unpaired) electrons. The maximum absolute atomic E-state index is 14.0. The highest BCUT2D eigenvalue weighted by Crippen LogP contribution is 2.45. The Balaban J connectivity index is 1.07. The zero-order chi connectivity index (χ0) is 44.9. The summed E-state index contributed by atoms with van der Waals surface area (Å²) in [5.41, 5.74) is 6.05. The van der Waals surface area contributed by atoms with Crippen LogP contribution in [-0.2, 0) is 30.4 Å². The number of aromatic nitrogens is 4. The van der Waals surface area contributed by atoms with Crippen molar-refractivity contribution in [2.24, 2.45) is 17.8 Å². The molecule has 17 heteroatoms. The number of H-pyrrole nitrogens is 2. The van der Waals surface area contributed by atoms with Gasteiger partial charge in [-0.1, -0.05) is 57.5 Å². The Morgan fingerprint density at radius 3 is 2.24 bits per heavy atom. The second-order valence-corrected chi connectivity index (χ2v) is 17.9. The van der Waals surface area contributed by atoms with E-state index in [0.29, 0.717) is 43.5 Å². The maximum Gasteiger partial charge on any atom is 0.407 e. The number of rotatable bonds is 11. The van der Waals surface area contributed by atoms with E-state index in [9.17, 15) is 19.2 Å². The predicted molar refractivity (Wildman–Crippen MR) is 237 cm³/mol. The topological polar surface area (TPSA) is 193 Å². The Labute approximate surface area is 370 Å². The number of ether oxygens (including phenoxy) is 4. The molecule has 3 aromatic carbocycles. The summed E-state index contributed by atoms with van der Waals surface area (Å²) in [5.74, 6) is 1.33. The molecule has 2 saturated heterocycles. The Morgan fingerprint density at radius 1 is 0.857 bits per heavy atom. The lowest BCUT2D eigenvalue weighted by atomic mass is 9.92. The van der Waals surface area contributed by atoms with Crippen molar-refractivity contribution in [3.8, 4) is 28.1 Å². The number of hydrogen-bond acceptors (Lipinski definition) is 10. The van der Waals surface area contributed by atoms with E-state index in [1.54, 1.807) is 12.0 Å². The van der Waals surface area contributed by atoms with Crippen LogP contribution < -0.4 is 15.4 Å². The first kappa shape index (κ1) is 43.8. The predicted octanol–water partition coefficient (Wildman–Crippen LogP) is 7.67. The van der Waals surface area contributed by atoms with E-state index < -0.39 is 30.3 Å². The summed E-state index contributed by atoms with van der Waals surface area (Å²) in [6.07, 6.45) is 0.834. The van der Waals surface area contributed by atoms with Crippen LogP contribution in [0, 0.1) is 17.8 Å². The molecule has 0 bridgehead atoms. The van der Waals surface area contributed by atoms with Gasteiger partial charge in [-0.05, 0) is 78.8 Å². The van der Waals surface area contributed by atoms with Gasteiger partial charge in [-0.2, -0.15) is 0 Å². The molecule has 3 aliphatic heterocycles. The zero-order valence-corrected chi connectivity index (χ0v) is 37.6. The van der Waals surface area contributed by atoms with E-state index in [1.807, 2.05) is 51.7 Å². The molecule has 4 N–H and O–H groups in total. The van der Waals surface area contributed by atoms with Gasteiger partial charge in [-0.15, -0.1) is 0 Å². The summed E-state index contributed by atoms with van der Waals surface area (Å²) in [6.45, 7) is 10.8. The van der Waals surface area contributed by atoms with Gasteiger partial charge in [-0.25, -0.2) is 19.6 Å². The highest BCUT2D eigenvalue weighted by Gasteiger charge is 2.43. The number of nitrogens with one attached hydrogen (secondary N) is 4. The lowest BCUT2D eigenvalue weighted by Gasteiger charge is -2.32. The summed E-state index contributed by atoms with van der Waals surface area (Å²) in [5, 5.41) is 7.67. The van der Waals surface area contributed by atoms with Crippen LogP contribution in [0.15, 0.2) is 42.5 Å². The molecule has 3 aliphatic rings. The normalized spacial score (nSPS) is 20.4. The van der Waals surface area contributed by atoms with E-state index in [4.69, 9.17) is 40.5 Å². The molecule has 6 atom stereocenters. The Morgan fingerprint density at radius 2 is 1.56 bits per heavy atom. The quantitative estimate of drug-likeness (QED) is 0.102. The van der Waals surface area contributed by atoms with E-state index in [-0.39, 0.29) is 46.8 Å². The van der Waals surface area contributed by atoms with Crippen LogP contribution >= 0.6 is 11.6 Å². The van der Waals surface area contributed by atoms with E-state index in [2.05, 4.69) is 50.9 Å². The first-order valence-electron chi connectivity index (χ1n) is 21.5. The summed E-state index contributed by atoms with van der Waals surface area (Å²) in [6, 6.07) is 12.1. The monoisotopic (exact) mass is 882 g/mol. The first-order chi connectivity index (χ1) is 30.2. The fourth-order valence-electron chi connectivity index (χ4n) is 9.49. The molecule has 0 saturated carbocycles. The standard InChI is InChI=1S/C46H55ClN8O8/c1-22(2)36(51-45(58)61-7)43(56)54-19-25(20-60-6)15-34(54)42-49-38(40(47)53-42)27-10-12-29-28(16-27)21-63-35-18-30-26(17-31(29)35)11-13-32-39(30)50-41(48-32)33-14-9-24(5)55(33)44(57)37(23(3)4)52-46(59)62-8/h10-13,16-18,22-25,33-34,36-37H,9,14-15,19-21H2,1-8H3,(H,48,50)(H,49,53)(H,51,58)(H,52,59)/t24-,25-,33-,34-,36-,37-/m0/s1. The second-order valence-electron chi connectivity index (χ2n) is 17.6. The number of fused-ring (bicyclic) bond motifs is 6. The fourth-order valence-corrected chi connectivity index (χ4v) is 9.74. The number of methoxy groups -OCH3 is 3. The Bertz CT molecular complexity index is 2570. The van der Waals surface area contributed by atoms with E-state index >= 15 is 0 Å². The van der Waals surface area contributed by atoms with Gasteiger partial charge in [-0.3, -0.25) is 9.59 Å². The van der Waals surface area contributed by atoms with Crippen molar-refractivity contribution in [1.29, 1.82) is 0 Å². The lowest BCUT2D eigenvalue weighted by Crippen LogP contribution is -2.52. The van der Waals surface area contributed by atoms with E-state index in [1.165, 1.54) is 14.2 Å². The molecule has 16 nitrogen and oxygen atoms in total. The summed E-state index contributed by atoms with van der Waals surface area (Å²) >= 11 is 6.86. The van der Waals surface area contributed by atoms with Crippen molar-refractivity contribution < 1.29 is 38.1 Å². The minimum absolute atomic E-state index is 0.0384. The van der Waals surface area contributed by atoms with Crippen LogP contribution in [0.5, 0.6) is 5.75 Å². The molecule has 63 heavy (non-hydrogen) atoms. The number of hydrogen-bond donors (Lipinski definition) is 4. The molecule has 0 aliphatic carbocycles. The van der Waals surface area contributed by atoms with Gasteiger partial charge in [0.1, 0.15) is 36.1 Å². The SMILES string of the molecule is COC[C@H]1C[C@@H](c2nc(Cl)c(-c3ccc4c(c3)COc3cc5c(ccc6nc([C@@H]7CC[C@H](C)N7C(=O)[C@@H](NC(=O)OC)C(C)C)[nH]c65)cc3-4)[nH]2)N(C(=O)[C@@H](NC(=O)OC)C(C)C)C1. The fraction of sp³-hybridized carbons (Fsp3) is 0.478. The van der Waals surface area contributed by atoms with Crippen molar-refractivity contribution in [3.05, 3.63) is 64.8 Å². The average molecular weight is 883 g/mol. The number of benzene rings is 3. The largest absolute Gasteiger partial charge is 0.488 e.